The summed E-state index contributed by atoms with van der Waals surface area (Å²) >= 11 is 5.96. The number of likely N-dealkylation sites (tertiary alicyclic amines) is 1. The van der Waals surface area contributed by atoms with Crippen LogP contribution >= 0.6 is 11.6 Å². The van der Waals surface area contributed by atoms with Crippen LogP contribution in [-0.4, -0.2) is 74.1 Å². The number of nitrogens with zero attached hydrogens (tertiary/aromatic N) is 2. The van der Waals surface area contributed by atoms with E-state index in [9.17, 15) is 9.59 Å². The number of carbonyl (C=O) groups excluding carboxylic acids is 2. The fraction of sp³-hybridized carbons (Fsp3) is 0.529. The number of halogens is 1. The Morgan fingerprint density at radius 3 is 2.51 bits per heavy atom. The molecular formula is C34H44ClN3O3. The van der Waals surface area contributed by atoms with E-state index in [4.69, 9.17) is 16.3 Å². The molecule has 2 atom stereocenters. The summed E-state index contributed by atoms with van der Waals surface area (Å²) in [5.41, 5.74) is 2.58. The van der Waals surface area contributed by atoms with Crippen molar-refractivity contribution in [3.05, 3.63) is 68.5 Å². The van der Waals surface area contributed by atoms with Gasteiger partial charge in [-0.15, -0.1) is 0 Å². The quantitative estimate of drug-likeness (QED) is 0.484. The number of hydrogen-bond donors (Lipinski definition) is 1. The van der Waals surface area contributed by atoms with E-state index in [-0.39, 0.29) is 11.8 Å². The Balaban J connectivity index is 1.12. The lowest BCUT2D eigenvalue weighted by Crippen LogP contribution is -2.49. The summed E-state index contributed by atoms with van der Waals surface area (Å²) in [5, 5.41) is 6.26. The molecule has 0 bridgehead atoms. The van der Waals surface area contributed by atoms with Gasteiger partial charge in [0.2, 0.25) is 0 Å². The van der Waals surface area contributed by atoms with Crippen molar-refractivity contribution in [1.82, 2.24) is 15.1 Å². The minimum Gasteiger partial charge on any atom is -0.379 e. The smallest absolute Gasteiger partial charge is 0.253 e. The molecule has 41 heavy (non-hydrogen) atoms. The van der Waals surface area contributed by atoms with Gasteiger partial charge in [0, 0.05) is 55.4 Å². The Kier molecular flexibility index (Phi) is 10.2. The predicted molar refractivity (Wildman–Crippen MR) is 166 cm³/mol. The Bertz CT molecular complexity index is 1330. The molecule has 2 unspecified atom stereocenters. The molecule has 3 aliphatic rings. The van der Waals surface area contributed by atoms with Gasteiger partial charge in [-0.3, -0.25) is 14.5 Å². The highest BCUT2D eigenvalue weighted by Gasteiger charge is 2.31. The van der Waals surface area contributed by atoms with Crippen LogP contribution in [0.4, 0.5) is 0 Å². The highest BCUT2D eigenvalue weighted by Crippen LogP contribution is 2.30. The Hall–Kier alpha value is -2.67. The van der Waals surface area contributed by atoms with Crippen LogP contribution in [0, 0.1) is 24.7 Å². The topological polar surface area (TPSA) is 61.9 Å². The van der Waals surface area contributed by atoms with Crippen LogP contribution in [0.5, 0.6) is 0 Å². The Morgan fingerprint density at radius 2 is 1.76 bits per heavy atom. The van der Waals surface area contributed by atoms with Gasteiger partial charge in [0.1, 0.15) is 0 Å². The van der Waals surface area contributed by atoms with Crippen molar-refractivity contribution < 1.29 is 14.3 Å². The monoisotopic (exact) mass is 577 g/mol. The van der Waals surface area contributed by atoms with Gasteiger partial charge in [0.15, 0.2) is 0 Å². The van der Waals surface area contributed by atoms with Crippen molar-refractivity contribution in [3.8, 4) is 0 Å². The molecule has 2 saturated heterocycles. The lowest BCUT2D eigenvalue weighted by molar-refractivity contribution is 0.0383. The van der Waals surface area contributed by atoms with Crippen molar-refractivity contribution in [1.29, 1.82) is 0 Å². The number of carbonyl (C=O) groups is 2. The summed E-state index contributed by atoms with van der Waals surface area (Å²) < 4.78 is 5.41. The fourth-order valence-corrected chi connectivity index (χ4v) is 6.59. The average Bonchev–Trinajstić information content (AvgIpc) is 2.95. The molecule has 0 radical (unpaired) electrons. The van der Waals surface area contributed by atoms with E-state index in [0.717, 1.165) is 69.9 Å². The first kappa shape index (κ1) is 29.8. The van der Waals surface area contributed by atoms with Gasteiger partial charge in [0.05, 0.1) is 13.2 Å². The second kappa shape index (κ2) is 14.0. The van der Waals surface area contributed by atoms with Crippen molar-refractivity contribution >= 4 is 35.6 Å². The number of rotatable bonds is 9. The van der Waals surface area contributed by atoms with Gasteiger partial charge in [-0.1, -0.05) is 43.2 Å². The zero-order chi connectivity index (χ0) is 28.8. The predicted octanol–water partition coefficient (Wildman–Crippen LogP) is 4.26. The van der Waals surface area contributed by atoms with E-state index in [1.807, 2.05) is 23.1 Å². The average molecular weight is 578 g/mol. The van der Waals surface area contributed by atoms with Gasteiger partial charge in [-0.25, -0.2) is 0 Å². The van der Waals surface area contributed by atoms with Crippen LogP contribution in [-0.2, 0) is 4.74 Å². The first-order chi connectivity index (χ1) is 19.9. The highest BCUT2D eigenvalue weighted by molar-refractivity contribution is 6.30. The molecule has 2 aromatic rings. The zero-order valence-electron chi connectivity index (χ0n) is 24.5. The molecule has 2 aromatic carbocycles. The van der Waals surface area contributed by atoms with Crippen LogP contribution in [0.3, 0.4) is 0 Å². The number of ether oxygens (including phenoxy) is 1. The van der Waals surface area contributed by atoms with Crippen LogP contribution in [0.25, 0.3) is 12.2 Å². The van der Waals surface area contributed by atoms with E-state index in [2.05, 4.69) is 42.3 Å². The van der Waals surface area contributed by atoms with E-state index in [1.54, 1.807) is 12.1 Å². The highest BCUT2D eigenvalue weighted by atomic mass is 35.5. The number of morpholine rings is 1. The molecule has 5 rings (SSSR count). The SMILES string of the molecule is Cc1c(C(=O)NCCN2CCOCC2)ccc2c1=CCC(CCCC1CN(C(=O)c3ccc(Cl)cc3)C1)C(C)CC=2. The van der Waals surface area contributed by atoms with Crippen LogP contribution < -0.4 is 15.8 Å². The first-order valence-electron chi connectivity index (χ1n) is 15.3. The van der Waals surface area contributed by atoms with Crippen LogP contribution in [0.1, 0.15) is 65.3 Å². The zero-order valence-corrected chi connectivity index (χ0v) is 25.3. The van der Waals surface area contributed by atoms with Gasteiger partial charge >= 0.3 is 0 Å². The minimum atomic E-state index is 0.0167. The molecule has 1 aliphatic carbocycles. The van der Waals surface area contributed by atoms with Crippen molar-refractivity contribution in [2.45, 2.75) is 46.0 Å². The van der Waals surface area contributed by atoms with E-state index < -0.39 is 0 Å². The molecular weight excluding hydrogens is 534 g/mol. The van der Waals surface area contributed by atoms with Crippen LogP contribution in [0.2, 0.25) is 5.02 Å². The molecule has 2 amide bonds. The first-order valence-corrected chi connectivity index (χ1v) is 15.7. The lowest BCUT2D eigenvalue weighted by atomic mass is 9.81. The summed E-state index contributed by atoms with van der Waals surface area (Å²) in [6.45, 7) is 11.1. The maximum atomic E-state index is 13.1. The lowest BCUT2D eigenvalue weighted by Gasteiger charge is -2.39. The van der Waals surface area contributed by atoms with Gasteiger partial charge in [-0.2, -0.15) is 0 Å². The number of fused-ring (bicyclic) bond motifs is 1. The fourth-order valence-electron chi connectivity index (χ4n) is 6.46. The van der Waals surface area contributed by atoms with Gasteiger partial charge in [0.25, 0.3) is 11.8 Å². The third kappa shape index (κ3) is 7.59. The van der Waals surface area contributed by atoms with Crippen molar-refractivity contribution in [3.63, 3.8) is 0 Å². The second-order valence-corrected chi connectivity index (χ2v) is 12.5. The Morgan fingerprint density at radius 1 is 1.00 bits per heavy atom. The second-order valence-electron chi connectivity index (χ2n) is 12.1. The molecule has 220 valence electrons. The van der Waals surface area contributed by atoms with E-state index >= 15 is 0 Å². The molecule has 2 heterocycles. The number of nitrogens with one attached hydrogen (secondary N) is 1. The number of hydrogen-bond acceptors (Lipinski definition) is 4. The molecule has 6 nitrogen and oxygen atoms in total. The largest absolute Gasteiger partial charge is 0.379 e. The molecule has 2 aliphatic heterocycles. The van der Waals surface area contributed by atoms with Crippen molar-refractivity contribution in [2.75, 3.05) is 52.5 Å². The maximum absolute atomic E-state index is 13.1. The maximum Gasteiger partial charge on any atom is 0.253 e. The normalized spacial score (nSPS) is 21.5. The van der Waals surface area contributed by atoms with Crippen molar-refractivity contribution in [2.24, 2.45) is 17.8 Å². The summed E-state index contributed by atoms with van der Waals surface area (Å²) in [6.07, 6.45) is 10.4. The Labute approximate surface area is 249 Å². The minimum absolute atomic E-state index is 0.0167. The molecule has 0 spiro atoms. The van der Waals surface area contributed by atoms with Gasteiger partial charge < -0.3 is 15.0 Å². The summed E-state index contributed by atoms with van der Waals surface area (Å²) in [6, 6.07) is 11.3. The van der Waals surface area contributed by atoms with E-state index in [0.29, 0.717) is 34.9 Å². The summed E-state index contributed by atoms with van der Waals surface area (Å²) in [5.74, 6) is 1.96. The standard InChI is InChI=1S/C34H44ClN3O3/c1-24-6-7-28-11-15-32(33(39)36-16-17-37-18-20-41-21-19-37)25(2)31(28)14-10-27(24)5-3-4-26-22-38(23-26)34(40)29-8-12-30(35)13-9-29/h7-9,11-15,24,26-27H,3-6,10,16-23H2,1-2H3,(H,36,39). The molecule has 0 saturated carbocycles. The molecule has 0 aromatic heterocycles. The number of amides is 2. The third-order valence-corrected chi connectivity index (χ3v) is 9.52. The third-order valence-electron chi connectivity index (χ3n) is 9.27. The van der Waals surface area contributed by atoms with Crippen LogP contribution in [0.15, 0.2) is 36.4 Å². The summed E-state index contributed by atoms with van der Waals surface area (Å²) in [7, 11) is 0. The summed E-state index contributed by atoms with van der Waals surface area (Å²) in [4.78, 5) is 30.0. The van der Waals surface area contributed by atoms with E-state index in [1.165, 1.54) is 29.7 Å². The number of benzene rings is 2. The van der Waals surface area contributed by atoms with Gasteiger partial charge in [-0.05, 0) is 96.7 Å². The molecule has 7 heteroatoms. The molecule has 1 N–H and O–H groups in total. The molecule has 2 fully saturated rings.